The van der Waals surface area contributed by atoms with Gasteiger partial charge in [-0.15, -0.1) is 0 Å². The number of hydrogen-bond donors (Lipinski definition) is 3. The van der Waals surface area contributed by atoms with E-state index >= 15 is 0 Å². The highest BCUT2D eigenvalue weighted by atomic mass is 16.5. The predicted octanol–water partition coefficient (Wildman–Crippen LogP) is 1.02. The average molecular weight is 293 g/mol. The van der Waals surface area contributed by atoms with E-state index in [1.54, 1.807) is 0 Å². The fourth-order valence-corrected chi connectivity index (χ4v) is 1.73. The van der Waals surface area contributed by atoms with E-state index in [4.69, 9.17) is 10.5 Å². The summed E-state index contributed by atoms with van der Waals surface area (Å²) in [4.78, 5) is 23.1. The third-order valence-electron chi connectivity index (χ3n) is 2.86. The van der Waals surface area contributed by atoms with Gasteiger partial charge in [-0.1, -0.05) is 19.1 Å². The number of ether oxygens (including phenoxy) is 1. The highest BCUT2D eigenvalue weighted by molar-refractivity contribution is 5.90. The summed E-state index contributed by atoms with van der Waals surface area (Å²) in [7, 11) is 1.50. The van der Waals surface area contributed by atoms with Gasteiger partial charge in [0.05, 0.1) is 6.61 Å². The molecule has 0 aliphatic carbocycles. The molecule has 1 atom stereocenters. The lowest BCUT2D eigenvalue weighted by Gasteiger charge is -2.11. The number of carbonyl (C=O) groups excluding carboxylic acids is 2. The molecule has 0 aliphatic rings. The number of rotatable bonds is 8. The van der Waals surface area contributed by atoms with Gasteiger partial charge in [0.15, 0.2) is 0 Å². The molecule has 0 aliphatic heterocycles. The van der Waals surface area contributed by atoms with E-state index in [1.807, 2.05) is 31.2 Å². The number of anilines is 1. The highest BCUT2D eigenvalue weighted by Gasteiger charge is 2.12. The van der Waals surface area contributed by atoms with E-state index in [9.17, 15) is 9.59 Å². The van der Waals surface area contributed by atoms with Gasteiger partial charge >= 0.3 is 0 Å². The van der Waals surface area contributed by atoms with Gasteiger partial charge in [-0.2, -0.15) is 0 Å². The topological polar surface area (TPSA) is 93.5 Å². The maximum absolute atomic E-state index is 11.6. The first kappa shape index (κ1) is 17.1. The van der Waals surface area contributed by atoms with Crippen molar-refractivity contribution in [2.45, 2.75) is 32.4 Å². The Morgan fingerprint density at radius 2 is 1.95 bits per heavy atom. The van der Waals surface area contributed by atoms with E-state index in [-0.39, 0.29) is 18.4 Å². The molecule has 6 nitrogen and oxygen atoms in total. The SMILES string of the molecule is CCCC(=O)Nc1ccc(CNC(=O)C(N)COC)cc1. The smallest absolute Gasteiger partial charge is 0.239 e. The van der Waals surface area contributed by atoms with Crippen LogP contribution < -0.4 is 16.4 Å². The zero-order valence-corrected chi connectivity index (χ0v) is 12.5. The molecule has 6 heteroatoms. The van der Waals surface area contributed by atoms with Crippen molar-refractivity contribution in [3.8, 4) is 0 Å². The molecule has 0 radical (unpaired) electrons. The zero-order chi connectivity index (χ0) is 15.7. The molecule has 1 aromatic carbocycles. The highest BCUT2D eigenvalue weighted by Crippen LogP contribution is 2.10. The third-order valence-corrected chi connectivity index (χ3v) is 2.86. The van der Waals surface area contributed by atoms with Gasteiger partial charge in [0, 0.05) is 25.8 Å². The Morgan fingerprint density at radius 3 is 2.52 bits per heavy atom. The zero-order valence-electron chi connectivity index (χ0n) is 12.5. The minimum absolute atomic E-state index is 0.00379. The Hall–Kier alpha value is -1.92. The fourth-order valence-electron chi connectivity index (χ4n) is 1.73. The Labute approximate surface area is 125 Å². The first-order valence-electron chi connectivity index (χ1n) is 6.97. The molecular formula is C15H23N3O3. The van der Waals surface area contributed by atoms with Crippen molar-refractivity contribution in [3.63, 3.8) is 0 Å². The van der Waals surface area contributed by atoms with Gasteiger partial charge in [0.1, 0.15) is 6.04 Å². The van der Waals surface area contributed by atoms with Crippen molar-refractivity contribution in [2.75, 3.05) is 19.0 Å². The number of carbonyl (C=O) groups is 2. The molecular weight excluding hydrogens is 270 g/mol. The molecule has 21 heavy (non-hydrogen) atoms. The Balaban J connectivity index is 2.44. The van der Waals surface area contributed by atoms with Crippen molar-refractivity contribution >= 4 is 17.5 Å². The predicted molar refractivity (Wildman–Crippen MR) is 81.7 cm³/mol. The monoisotopic (exact) mass is 293 g/mol. The molecule has 0 heterocycles. The fraction of sp³-hybridized carbons (Fsp3) is 0.467. The first-order valence-corrected chi connectivity index (χ1v) is 6.97. The maximum Gasteiger partial charge on any atom is 0.239 e. The molecule has 0 bridgehead atoms. The Kier molecular flexibility index (Phi) is 7.42. The van der Waals surface area contributed by atoms with Crippen LogP contribution in [0.4, 0.5) is 5.69 Å². The van der Waals surface area contributed by atoms with Crippen LogP contribution in [0.25, 0.3) is 0 Å². The van der Waals surface area contributed by atoms with Crippen molar-refractivity contribution in [2.24, 2.45) is 5.73 Å². The van der Waals surface area contributed by atoms with Gasteiger partial charge in [0.2, 0.25) is 11.8 Å². The van der Waals surface area contributed by atoms with Crippen molar-refractivity contribution in [3.05, 3.63) is 29.8 Å². The van der Waals surface area contributed by atoms with Gasteiger partial charge in [-0.3, -0.25) is 9.59 Å². The van der Waals surface area contributed by atoms with Crippen molar-refractivity contribution in [1.29, 1.82) is 0 Å². The molecule has 116 valence electrons. The van der Waals surface area contributed by atoms with Crippen LogP contribution in [0.3, 0.4) is 0 Å². The lowest BCUT2D eigenvalue weighted by molar-refractivity contribution is -0.123. The minimum atomic E-state index is -0.664. The van der Waals surface area contributed by atoms with Gasteiger partial charge in [0.25, 0.3) is 0 Å². The number of methoxy groups -OCH3 is 1. The van der Waals surface area contributed by atoms with Crippen molar-refractivity contribution in [1.82, 2.24) is 5.32 Å². The van der Waals surface area contributed by atoms with E-state index in [1.165, 1.54) is 7.11 Å². The van der Waals surface area contributed by atoms with Gasteiger partial charge < -0.3 is 21.1 Å². The standard InChI is InChI=1S/C15H23N3O3/c1-3-4-14(19)18-12-7-5-11(6-8-12)9-17-15(20)13(16)10-21-2/h5-8,13H,3-4,9-10,16H2,1-2H3,(H,17,20)(H,18,19). The minimum Gasteiger partial charge on any atom is -0.383 e. The van der Waals surface area contributed by atoms with Crippen LogP contribution in [-0.2, 0) is 20.9 Å². The third kappa shape index (κ3) is 6.37. The summed E-state index contributed by atoms with van der Waals surface area (Å²) in [6, 6.07) is 6.66. The Morgan fingerprint density at radius 1 is 1.29 bits per heavy atom. The summed E-state index contributed by atoms with van der Waals surface area (Å²) in [5.74, 6) is -0.249. The molecule has 0 spiro atoms. The molecule has 1 unspecified atom stereocenters. The van der Waals surface area contributed by atoms with Crippen LogP contribution in [0.5, 0.6) is 0 Å². The second kappa shape index (κ2) is 9.10. The summed E-state index contributed by atoms with van der Waals surface area (Å²) in [5, 5.41) is 5.54. The van der Waals surface area contributed by atoms with E-state index in [2.05, 4.69) is 10.6 Å². The molecule has 0 saturated carbocycles. The lowest BCUT2D eigenvalue weighted by atomic mass is 10.2. The molecule has 0 saturated heterocycles. The second-order valence-electron chi connectivity index (χ2n) is 4.77. The average Bonchev–Trinajstić information content (AvgIpc) is 2.46. The van der Waals surface area contributed by atoms with E-state index < -0.39 is 6.04 Å². The van der Waals surface area contributed by atoms with Crippen LogP contribution in [0, 0.1) is 0 Å². The molecule has 0 aromatic heterocycles. The van der Waals surface area contributed by atoms with E-state index in [0.29, 0.717) is 13.0 Å². The van der Waals surface area contributed by atoms with E-state index in [0.717, 1.165) is 17.7 Å². The number of benzene rings is 1. The van der Waals surface area contributed by atoms with Crippen LogP contribution in [0.15, 0.2) is 24.3 Å². The molecule has 2 amide bonds. The van der Waals surface area contributed by atoms with Crippen LogP contribution in [-0.4, -0.2) is 31.6 Å². The number of amides is 2. The Bertz CT molecular complexity index is 460. The van der Waals surface area contributed by atoms with Crippen LogP contribution in [0.2, 0.25) is 0 Å². The number of nitrogens with one attached hydrogen (secondary N) is 2. The molecule has 4 N–H and O–H groups in total. The van der Waals surface area contributed by atoms with Crippen LogP contribution in [0.1, 0.15) is 25.3 Å². The van der Waals surface area contributed by atoms with Crippen LogP contribution >= 0.6 is 0 Å². The van der Waals surface area contributed by atoms with Gasteiger partial charge in [-0.05, 0) is 24.1 Å². The largest absolute Gasteiger partial charge is 0.383 e. The normalized spacial score (nSPS) is 11.8. The maximum atomic E-state index is 11.6. The number of nitrogens with two attached hydrogens (primary N) is 1. The molecule has 0 fully saturated rings. The lowest BCUT2D eigenvalue weighted by Crippen LogP contribution is -2.43. The summed E-state index contributed by atoms with van der Waals surface area (Å²) < 4.78 is 4.82. The first-order chi connectivity index (χ1) is 10.1. The van der Waals surface area contributed by atoms with Crippen molar-refractivity contribution < 1.29 is 14.3 Å². The number of hydrogen-bond acceptors (Lipinski definition) is 4. The quantitative estimate of drug-likeness (QED) is 0.667. The molecule has 1 rings (SSSR count). The summed E-state index contributed by atoms with van der Waals surface area (Å²) in [6.07, 6.45) is 1.33. The van der Waals surface area contributed by atoms with Gasteiger partial charge in [-0.25, -0.2) is 0 Å². The molecule has 1 aromatic rings. The summed E-state index contributed by atoms with van der Waals surface area (Å²) >= 11 is 0. The second-order valence-corrected chi connectivity index (χ2v) is 4.77. The summed E-state index contributed by atoms with van der Waals surface area (Å²) in [6.45, 7) is 2.54. The summed E-state index contributed by atoms with van der Waals surface area (Å²) in [5.41, 5.74) is 7.30.